The molecular formula is C12H14BrNO4. The molecule has 0 bridgehead atoms. The van der Waals surface area contributed by atoms with Crippen LogP contribution in [0.15, 0.2) is 16.6 Å². The minimum absolute atomic E-state index is 0.135. The second-order valence-electron chi connectivity index (χ2n) is 4.06. The number of carbonyl (C=O) groups excluding carboxylic acids is 1. The molecule has 0 saturated carbocycles. The van der Waals surface area contributed by atoms with Crippen LogP contribution >= 0.6 is 15.9 Å². The number of ether oxygens (including phenoxy) is 2. The van der Waals surface area contributed by atoms with E-state index in [4.69, 9.17) is 9.47 Å². The summed E-state index contributed by atoms with van der Waals surface area (Å²) < 4.78 is 11.0. The summed E-state index contributed by atoms with van der Waals surface area (Å²) in [7, 11) is 3.06. The van der Waals surface area contributed by atoms with E-state index in [0.717, 1.165) is 0 Å². The van der Waals surface area contributed by atoms with Gasteiger partial charge in [-0.05, 0) is 28.1 Å². The highest BCUT2D eigenvalue weighted by Gasteiger charge is 2.30. The van der Waals surface area contributed by atoms with E-state index >= 15 is 0 Å². The van der Waals surface area contributed by atoms with E-state index in [-0.39, 0.29) is 5.91 Å². The first-order valence-electron chi connectivity index (χ1n) is 5.45. The molecule has 98 valence electrons. The van der Waals surface area contributed by atoms with Crippen molar-refractivity contribution in [3.05, 3.63) is 22.2 Å². The second kappa shape index (κ2) is 5.16. The summed E-state index contributed by atoms with van der Waals surface area (Å²) in [6.07, 6.45) is -0.409. The number of hydrogen-bond acceptors (Lipinski definition) is 4. The van der Waals surface area contributed by atoms with Crippen LogP contribution in [-0.2, 0) is 0 Å². The van der Waals surface area contributed by atoms with Crippen molar-refractivity contribution in [3.63, 3.8) is 0 Å². The van der Waals surface area contributed by atoms with E-state index in [0.29, 0.717) is 34.6 Å². The lowest BCUT2D eigenvalue weighted by Gasteiger charge is -2.36. The molecule has 5 nitrogen and oxygen atoms in total. The van der Waals surface area contributed by atoms with Gasteiger partial charge in [0.2, 0.25) is 0 Å². The first-order chi connectivity index (χ1) is 8.56. The first kappa shape index (κ1) is 13.2. The molecule has 6 heteroatoms. The number of nitrogens with zero attached hydrogens (tertiary/aromatic N) is 1. The van der Waals surface area contributed by atoms with Crippen molar-refractivity contribution in [1.82, 2.24) is 4.90 Å². The summed E-state index contributed by atoms with van der Waals surface area (Å²) in [5.74, 6) is 0.946. The number of likely N-dealkylation sites (tertiary alicyclic amines) is 1. The topological polar surface area (TPSA) is 59.0 Å². The number of β-amino-alcohol motifs (C(OH)–C–C–N with tert-alkyl or cyclic N) is 1. The molecule has 1 amide bonds. The zero-order valence-corrected chi connectivity index (χ0v) is 11.7. The Morgan fingerprint density at radius 2 is 1.83 bits per heavy atom. The Morgan fingerprint density at radius 3 is 2.22 bits per heavy atom. The molecule has 0 radical (unpaired) electrons. The van der Waals surface area contributed by atoms with E-state index in [9.17, 15) is 9.90 Å². The van der Waals surface area contributed by atoms with Crippen molar-refractivity contribution in [2.75, 3.05) is 27.3 Å². The quantitative estimate of drug-likeness (QED) is 0.913. The van der Waals surface area contributed by atoms with Crippen LogP contribution in [0.4, 0.5) is 0 Å². The van der Waals surface area contributed by atoms with Crippen LogP contribution in [-0.4, -0.2) is 49.3 Å². The number of halogens is 1. The minimum Gasteiger partial charge on any atom is -0.495 e. The number of amides is 1. The highest BCUT2D eigenvalue weighted by Crippen LogP contribution is 2.36. The number of rotatable bonds is 3. The summed E-state index contributed by atoms with van der Waals surface area (Å²) in [6.45, 7) is 0.749. The maximum atomic E-state index is 12.1. The van der Waals surface area contributed by atoms with Gasteiger partial charge >= 0.3 is 0 Å². The molecular weight excluding hydrogens is 302 g/mol. The third-order valence-electron chi connectivity index (χ3n) is 2.84. The van der Waals surface area contributed by atoms with Gasteiger partial charge in [-0.1, -0.05) is 0 Å². The molecule has 1 aromatic rings. The third kappa shape index (κ3) is 2.30. The molecule has 1 saturated heterocycles. The van der Waals surface area contributed by atoms with Crippen molar-refractivity contribution in [1.29, 1.82) is 0 Å². The molecule has 1 aromatic carbocycles. The predicted molar refractivity (Wildman–Crippen MR) is 69.2 cm³/mol. The SMILES string of the molecule is COc1cc(C(=O)N2CC(O)C2)cc(OC)c1Br. The highest BCUT2D eigenvalue weighted by molar-refractivity contribution is 9.10. The average molecular weight is 316 g/mol. The van der Waals surface area contributed by atoms with Crippen LogP contribution in [0.5, 0.6) is 11.5 Å². The summed E-state index contributed by atoms with van der Waals surface area (Å²) in [5, 5.41) is 9.21. The van der Waals surface area contributed by atoms with Crippen molar-refractivity contribution in [3.8, 4) is 11.5 Å². The Morgan fingerprint density at radius 1 is 1.33 bits per heavy atom. The van der Waals surface area contributed by atoms with Crippen molar-refractivity contribution >= 4 is 21.8 Å². The van der Waals surface area contributed by atoms with Gasteiger partial charge in [0.05, 0.1) is 20.3 Å². The van der Waals surface area contributed by atoms with Crippen molar-refractivity contribution in [2.24, 2.45) is 0 Å². The average Bonchev–Trinajstić information content (AvgIpc) is 2.34. The summed E-state index contributed by atoms with van der Waals surface area (Å²) >= 11 is 3.35. The minimum atomic E-state index is -0.409. The van der Waals surface area contributed by atoms with E-state index in [1.165, 1.54) is 14.2 Å². The molecule has 1 N–H and O–H groups in total. The Hall–Kier alpha value is -1.27. The van der Waals surface area contributed by atoms with Gasteiger partial charge in [-0.25, -0.2) is 0 Å². The molecule has 0 aromatic heterocycles. The standard InChI is InChI=1S/C12H14BrNO4/c1-17-9-3-7(4-10(18-2)11(9)13)12(16)14-5-8(15)6-14/h3-4,8,15H,5-6H2,1-2H3. The molecule has 0 spiro atoms. The number of aliphatic hydroxyl groups is 1. The van der Waals surface area contributed by atoms with Crippen LogP contribution in [0.2, 0.25) is 0 Å². The molecule has 2 rings (SSSR count). The largest absolute Gasteiger partial charge is 0.495 e. The van der Waals surface area contributed by atoms with Gasteiger partial charge in [-0.15, -0.1) is 0 Å². The number of methoxy groups -OCH3 is 2. The zero-order chi connectivity index (χ0) is 13.3. The van der Waals surface area contributed by atoms with Crippen molar-refractivity contribution in [2.45, 2.75) is 6.10 Å². The number of hydrogen-bond donors (Lipinski definition) is 1. The van der Waals surface area contributed by atoms with E-state index in [2.05, 4.69) is 15.9 Å². The molecule has 1 fully saturated rings. The van der Waals surface area contributed by atoms with Gasteiger partial charge < -0.3 is 19.5 Å². The fourth-order valence-corrected chi connectivity index (χ4v) is 2.35. The second-order valence-corrected chi connectivity index (χ2v) is 4.85. The lowest BCUT2D eigenvalue weighted by molar-refractivity contribution is 0.00586. The van der Waals surface area contributed by atoms with E-state index < -0.39 is 6.10 Å². The normalized spacial score (nSPS) is 15.2. The Bertz CT molecular complexity index is 446. The van der Waals surface area contributed by atoms with Gasteiger partial charge in [0.1, 0.15) is 16.0 Å². The number of benzene rings is 1. The number of aliphatic hydroxyl groups excluding tert-OH is 1. The lowest BCUT2D eigenvalue weighted by Crippen LogP contribution is -2.53. The summed E-state index contributed by atoms with van der Waals surface area (Å²) in [4.78, 5) is 13.7. The van der Waals surface area contributed by atoms with Crippen LogP contribution in [0, 0.1) is 0 Å². The van der Waals surface area contributed by atoms with Gasteiger partial charge in [0.25, 0.3) is 5.91 Å². The van der Waals surface area contributed by atoms with Gasteiger partial charge in [0.15, 0.2) is 0 Å². The van der Waals surface area contributed by atoms with E-state index in [1.807, 2.05) is 0 Å². The first-order valence-corrected chi connectivity index (χ1v) is 6.25. The molecule has 1 heterocycles. The van der Waals surface area contributed by atoms with Gasteiger partial charge in [-0.2, -0.15) is 0 Å². The third-order valence-corrected chi connectivity index (χ3v) is 3.62. The van der Waals surface area contributed by atoms with Gasteiger partial charge in [0, 0.05) is 18.7 Å². The fraction of sp³-hybridized carbons (Fsp3) is 0.417. The van der Waals surface area contributed by atoms with E-state index in [1.54, 1.807) is 17.0 Å². The maximum absolute atomic E-state index is 12.1. The van der Waals surface area contributed by atoms with Crippen molar-refractivity contribution < 1.29 is 19.4 Å². The van der Waals surface area contributed by atoms with Crippen LogP contribution < -0.4 is 9.47 Å². The van der Waals surface area contributed by atoms with Crippen LogP contribution in [0.1, 0.15) is 10.4 Å². The Labute approximate surface area is 113 Å². The molecule has 0 aliphatic carbocycles. The van der Waals surface area contributed by atoms with Crippen LogP contribution in [0.3, 0.4) is 0 Å². The molecule has 0 atom stereocenters. The Kier molecular flexibility index (Phi) is 3.77. The molecule has 1 aliphatic rings. The maximum Gasteiger partial charge on any atom is 0.254 e. The molecule has 18 heavy (non-hydrogen) atoms. The lowest BCUT2D eigenvalue weighted by atomic mass is 10.1. The van der Waals surface area contributed by atoms with Gasteiger partial charge in [-0.3, -0.25) is 4.79 Å². The summed E-state index contributed by atoms with van der Waals surface area (Å²) in [5.41, 5.74) is 0.485. The number of carbonyl (C=O) groups is 1. The van der Waals surface area contributed by atoms with Crippen LogP contribution in [0.25, 0.3) is 0 Å². The highest BCUT2D eigenvalue weighted by atomic mass is 79.9. The smallest absolute Gasteiger partial charge is 0.254 e. The zero-order valence-electron chi connectivity index (χ0n) is 10.1. The summed E-state index contributed by atoms with van der Waals surface area (Å²) in [6, 6.07) is 3.30. The fourth-order valence-electron chi connectivity index (χ4n) is 1.80. The predicted octanol–water partition coefficient (Wildman–Crippen LogP) is 1.28. The molecule has 1 aliphatic heterocycles. The Balaban J connectivity index is 2.30. The molecule has 0 unspecified atom stereocenters. The monoisotopic (exact) mass is 315 g/mol.